The number of hydrogen-bond acceptors (Lipinski definition) is 6. The number of aromatic amines is 2. The van der Waals surface area contributed by atoms with E-state index >= 15 is 0 Å². The summed E-state index contributed by atoms with van der Waals surface area (Å²) in [6.45, 7) is 1.76. The van der Waals surface area contributed by atoms with Gasteiger partial charge in [-0.05, 0) is 30.7 Å². The van der Waals surface area contributed by atoms with E-state index in [4.69, 9.17) is 4.98 Å². The summed E-state index contributed by atoms with van der Waals surface area (Å²) in [7, 11) is 0. The van der Waals surface area contributed by atoms with Crippen LogP contribution in [-0.2, 0) is 0 Å². The Hall–Kier alpha value is -4.19. The predicted octanol–water partition coefficient (Wildman–Crippen LogP) is 3.68. The van der Waals surface area contributed by atoms with Crippen molar-refractivity contribution in [3.63, 3.8) is 0 Å². The standard InChI is InChI=1S/C23H21N9/c24-7-3-19(16-6-10-31(12-16)20-2-1-15-4-8-25-22(15)30-20)32-13-17(11-29-32)21-18-5-9-26-23(18)28-14-27-21/h1-2,4-5,8-9,11,13-14,16,19H,3,6,10,12H2,(H,25,30)(H,26,27,28)/t16-,19?/m0/s1. The highest BCUT2D eigenvalue weighted by Gasteiger charge is 2.32. The first-order valence-corrected chi connectivity index (χ1v) is 10.7. The van der Waals surface area contributed by atoms with Gasteiger partial charge in [-0.2, -0.15) is 10.4 Å². The summed E-state index contributed by atoms with van der Waals surface area (Å²) in [4.78, 5) is 22.1. The van der Waals surface area contributed by atoms with E-state index < -0.39 is 0 Å². The summed E-state index contributed by atoms with van der Waals surface area (Å²) < 4.78 is 1.94. The van der Waals surface area contributed by atoms with Crippen LogP contribution in [0.3, 0.4) is 0 Å². The molecule has 32 heavy (non-hydrogen) atoms. The zero-order chi connectivity index (χ0) is 21.5. The Morgan fingerprint density at radius 3 is 2.97 bits per heavy atom. The van der Waals surface area contributed by atoms with Crippen LogP contribution >= 0.6 is 0 Å². The number of fused-ring (bicyclic) bond motifs is 2. The lowest BCUT2D eigenvalue weighted by Crippen LogP contribution is -2.25. The molecule has 0 aliphatic carbocycles. The quantitative estimate of drug-likeness (QED) is 0.446. The number of anilines is 1. The molecule has 1 aliphatic rings. The number of hydrogen-bond donors (Lipinski definition) is 2. The highest BCUT2D eigenvalue weighted by atomic mass is 15.3. The van der Waals surface area contributed by atoms with Crippen LogP contribution in [0.15, 0.2) is 55.4 Å². The fourth-order valence-electron chi connectivity index (χ4n) is 4.72. The normalized spacial score (nSPS) is 17.2. The lowest BCUT2D eigenvalue weighted by atomic mass is 9.96. The molecular weight excluding hydrogens is 402 g/mol. The van der Waals surface area contributed by atoms with Gasteiger partial charge in [0.2, 0.25) is 0 Å². The van der Waals surface area contributed by atoms with Gasteiger partial charge in [-0.1, -0.05) is 0 Å². The highest BCUT2D eigenvalue weighted by Crippen LogP contribution is 2.34. The molecule has 1 aliphatic heterocycles. The minimum atomic E-state index is -0.00322. The Balaban J connectivity index is 1.27. The molecular formula is C23H21N9. The third-order valence-electron chi connectivity index (χ3n) is 6.36. The Morgan fingerprint density at radius 1 is 1.12 bits per heavy atom. The molecule has 1 fully saturated rings. The number of pyridine rings is 1. The largest absolute Gasteiger partial charge is 0.356 e. The van der Waals surface area contributed by atoms with Crippen LogP contribution in [0, 0.1) is 17.2 Å². The molecule has 0 radical (unpaired) electrons. The molecule has 6 heterocycles. The van der Waals surface area contributed by atoms with Crippen LogP contribution in [0.25, 0.3) is 33.3 Å². The van der Waals surface area contributed by atoms with Crippen LogP contribution in [0.1, 0.15) is 18.9 Å². The van der Waals surface area contributed by atoms with Gasteiger partial charge in [-0.3, -0.25) is 4.68 Å². The summed E-state index contributed by atoms with van der Waals surface area (Å²) in [6, 6.07) is 10.5. The molecule has 0 bridgehead atoms. The monoisotopic (exact) mass is 423 g/mol. The maximum absolute atomic E-state index is 9.53. The zero-order valence-electron chi connectivity index (χ0n) is 17.3. The van der Waals surface area contributed by atoms with E-state index in [1.807, 2.05) is 41.6 Å². The Morgan fingerprint density at radius 2 is 2.03 bits per heavy atom. The van der Waals surface area contributed by atoms with Crippen molar-refractivity contribution in [2.45, 2.75) is 18.9 Å². The highest BCUT2D eigenvalue weighted by molar-refractivity contribution is 5.90. The topological polar surface area (TPSA) is 115 Å². The van der Waals surface area contributed by atoms with Crippen molar-refractivity contribution >= 4 is 27.9 Å². The SMILES string of the molecule is N#CCC([C@H]1CCN(c2ccc3cc[nH]c3n2)C1)n1cc(-c2ncnc3[nH]ccc23)cn1. The van der Waals surface area contributed by atoms with E-state index in [0.29, 0.717) is 12.3 Å². The molecule has 6 rings (SSSR count). The molecule has 9 heteroatoms. The number of nitrogens with zero attached hydrogens (tertiary/aromatic N) is 7. The molecule has 1 saturated heterocycles. The summed E-state index contributed by atoms with van der Waals surface area (Å²) in [5.74, 6) is 1.27. The molecule has 0 spiro atoms. The van der Waals surface area contributed by atoms with Crippen molar-refractivity contribution < 1.29 is 0 Å². The molecule has 0 amide bonds. The summed E-state index contributed by atoms with van der Waals surface area (Å²) >= 11 is 0. The number of H-pyrrole nitrogens is 2. The fourth-order valence-corrected chi connectivity index (χ4v) is 4.72. The van der Waals surface area contributed by atoms with Gasteiger partial charge in [0, 0.05) is 53.9 Å². The second-order valence-electron chi connectivity index (χ2n) is 8.18. The van der Waals surface area contributed by atoms with E-state index in [9.17, 15) is 5.26 Å². The van der Waals surface area contributed by atoms with Crippen molar-refractivity contribution in [2.24, 2.45) is 5.92 Å². The van der Waals surface area contributed by atoms with Gasteiger partial charge in [-0.15, -0.1) is 0 Å². The van der Waals surface area contributed by atoms with Crippen LogP contribution in [0.4, 0.5) is 5.82 Å². The maximum Gasteiger partial charge on any atom is 0.141 e. The van der Waals surface area contributed by atoms with E-state index in [1.54, 1.807) is 6.33 Å². The number of nitrogens with one attached hydrogen (secondary N) is 2. The van der Waals surface area contributed by atoms with Gasteiger partial charge in [0.05, 0.1) is 30.4 Å². The van der Waals surface area contributed by atoms with Gasteiger partial charge in [0.1, 0.15) is 23.4 Å². The Bertz CT molecular complexity index is 1440. The molecule has 0 aromatic carbocycles. The minimum absolute atomic E-state index is 0.00322. The number of nitriles is 1. The van der Waals surface area contributed by atoms with Crippen molar-refractivity contribution in [2.75, 3.05) is 18.0 Å². The minimum Gasteiger partial charge on any atom is -0.356 e. The fraction of sp³-hybridized carbons (Fsp3) is 0.261. The molecule has 5 aromatic rings. The number of rotatable bonds is 5. The van der Waals surface area contributed by atoms with Crippen LogP contribution in [0.2, 0.25) is 0 Å². The first kappa shape index (κ1) is 18.6. The van der Waals surface area contributed by atoms with Crippen molar-refractivity contribution in [3.8, 4) is 17.3 Å². The van der Waals surface area contributed by atoms with E-state index in [0.717, 1.165) is 58.7 Å². The summed E-state index contributed by atoms with van der Waals surface area (Å²) in [5.41, 5.74) is 3.47. The molecule has 158 valence electrons. The predicted molar refractivity (Wildman–Crippen MR) is 121 cm³/mol. The van der Waals surface area contributed by atoms with Gasteiger partial charge in [0.25, 0.3) is 0 Å². The van der Waals surface area contributed by atoms with Gasteiger partial charge >= 0.3 is 0 Å². The average Bonchev–Trinajstić information content (AvgIpc) is 3.62. The lowest BCUT2D eigenvalue weighted by Gasteiger charge is -2.23. The number of aromatic nitrogens is 7. The lowest BCUT2D eigenvalue weighted by molar-refractivity contribution is 0.332. The first-order valence-electron chi connectivity index (χ1n) is 10.7. The molecule has 0 saturated carbocycles. The third kappa shape index (κ3) is 3.08. The molecule has 1 unspecified atom stereocenters. The average molecular weight is 423 g/mol. The van der Waals surface area contributed by atoms with E-state index in [1.165, 1.54) is 0 Å². The molecule has 2 N–H and O–H groups in total. The van der Waals surface area contributed by atoms with Crippen molar-refractivity contribution in [3.05, 3.63) is 55.4 Å². The van der Waals surface area contributed by atoms with Gasteiger partial charge < -0.3 is 14.9 Å². The summed E-state index contributed by atoms with van der Waals surface area (Å²) in [5, 5.41) is 16.2. The molecule has 5 aromatic heterocycles. The van der Waals surface area contributed by atoms with Crippen LogP contribution in [0.5, 0.6) is 0 Å². The van der Waals surface area contributed by atoms with E-state index in [2.05, 4.69) is 48.1 Å². The van der Waals surface area contributed by atoms with Crippen LogP contribution in [-0.4, -0.2) is 47.8 Å². The van der Waals surface area contributed by atoms with Crippen molar-refractivity contribution in [1.29, 1.82) is 5.26 Å². The second kappa shape index (κ2) is 7.50. The second-order valence-corrected chi connectivity index (χ2v) is 8.18. The van der Waals surface area contributed by atoms with E-state index in [-0.39, 0.29) is 6.04 Å². The van der Waals surface area contributed by atoms with Crippen molar-refractivity contribution in [1.82, 2.24) is 34.7 Å². The van der Waals surface area contributed by atoms with Gasteiger partial charge in [0.15, 0.2) is 0 Å². The Labute approximate surface area is 183 Å². The maximum atomic E-state index is 9.53. The Kier molecular flexibility index (Phi) is 4.35. The molecule has 2 atom stereocenters. The summed E-state index contributed by atoms with van der Waals surface area (Å²) in [6.07, 6.45) is 10.5. The third-order valence-corrected chi connectivity index (χ3v) is 6.36. The first-order chi connectivity index (χ1) is 15.8. The van der Waals surface area contributed by atoms with Gasteiger partial charge in [-0.25, -0.2) is 15.0 Å². The molecule has 9 nitrogen and oxygen atoms in total. The smallest absolute Gasteiger partial charge is 0.141 e. The zero-order valence-corrected chi connectivity index (χ0v) is 17.3. The van der Waals surface area contributed by atoms with Crippen LogP contribution < -0.4 is 4.90 Å².